The van der Waals surface area contributed by atoms with Crippen molar-refractivity contribution in [3.63, 3.8) is 0 Å². The molecule has 0 aliphatic carbocycles. The number of anilines is 2. The van der Waals surface area contributed by atoms with Gasteiger partial charge in [0, 0.05) is 23.2 Å². The maximum atomic E-state index is 5.92. The highest BCUT2D eigenvalue weighted by molar-refractivity contribution is 5.44. The van der Waals surface area contributed by atoms with Crippen molar-refractivity contribution >= 4 is 11.4 Å². The van der Waals surface area contributed by atoms with E-state index in [4.69, 9.17) is 11.5 Å². The van der Waals surface area contributed by atoms with Gasteiger partial charge in [-0.05, 0) is 96.2 Å². The first-order valence-corrected chi connectivity index (χ1v) is 21.0. The predicted molar refractivity (Wildman–Crippen MR) is 225 cm³/mol. The van der Waals surface area contributed by atoms with E-state index in [0.717, 1.165) is 11.4 Å². The number of unbranched alkanes of at least 4 members (excludes halogenated alkanes) is 14. The first kappa shape index (κ1) is 40.3. The van der Waals surface area contributed by atoms with E-state index in [9.17, 15) is 0 Å². The molecule has 0 aliphatic heterocycles. The molecule has 0 spiro atoms. The minimum Gasteiger partial charge on any atom is -0.399 e. The Morgan fingerprint density at radius 3 is 0.824 bits per heavy atom. The maximum Gasteiger partial charge on any atom is 0.0314 e. The van der Waals surface area contributed by atoms with Crippen LogP contribution in [0.2, 0.25) is 0 Å². The third kappa shape index (κ3) is 14.9. The van der Waals surface area contributed by atoms with Crippen LogP contribution in [0.1, 0.15) is 181 Å². The first-order chi connectivity index (χ1) is 25.1. The molecule has 2 atom stereocenters. The Bertz CT molecular complexity index is 1320. The second-order valence-electron chi connectivity index (χ2n) is 15.3. The number of nitrogens with two attached hydrogens (primary N) is 2. The zero-order valence-corrected chi connectivity index (χ0v) is 32.4. The van der Waals surface area contributed by atoms with Crippen molar-refractivity contribution in [2.75, 3.05) is 11.5 Å². The second kappa shape index (κ2) is 23.9. The van der Waals surface area contributed by atoms with Crippen molar-refractivity contribution in [1.82, 2.24) is 0 Å². The Morgan fingerprint density at radius 1 is 0.333 bits per heavy atom. The van der Waals surface area contributed by atoms with Crippen LogP contribution in [0, 0.1) is 0 Å². The summed E-state index contributed by atoms with van der Waals surface area (Å²) < 4.78 is 0. The van der Waals surface area contributed by atoms with Crippen LogP contribution in [0.25, 0.3) is 0 Å². The fourth-order valence-corrected chi connectivity index (χ4v) is 7.88. The van der Waals surface area contributed by atoms with Gasteiger partial charge in [0.15, 0.2) is 0 Å². The SMILES string of the molecule is CCCC(c1ccc(N)cc1)c1ccc(CCCCCCCCCCCCCCCCCc2ccc(C(CCC)c3ccc(N)cc3)cc2)cc1. The predicted octanol–water partition coefficient (Wildman–Crippen LogP) is 14.4. The summed E-state index contributed by atoms with van der Waals surface area (Å²) in [5.41, 5.74) is 22.1. The van der Waals surface area contributed by atoms with Crippen LogP contribution in [0.15, 0.2) is 97.1 Å². The summed E-state index contributed by atoms with van der Waals surface area (Å²) >= 11 is 0. The molecule has 4 aromatic rings. The minimum atomic E-state index is 0.465. The van der Waals surface area contributed by atoms with E-state index in [2.05, 4.69) is 86.6 Å². The van der Waals surface area contributed by atoms with Gasteiger partial charge in [0.05, 0.1) is 0 Å². The standard InChI is InChI=1S/C49H70N2/c1-3-20-48(44-32-36-46(50)37-33-44)42-28-24-40(25-29-42)22-18-16-14-12-10-8-6-5-7-9-11-13-15-17-19-23-41-26-30-43(31-27-41)49(21-4-2)45-34-38-47(51)39-35-45/h24-39,48-49H,3-23,50-51H2,1-2H3. The molecular weight excluding hydrogens is 617 g/mol. The quantitative estimate of drug-likeness (QED) is 0.0510. The smallest absolute Gasteiger partial charge is 0.0314 e. The lowest BCUT2D eigenvalue weighted by atomic mass is 9.87. The third-order valence-corrected chi connectivity index (χ3v) is 11.0. The van der Waals surface area contributed by atoms with E-state index in [1.165, 1.54) is 168 Å². The molecule has 0 aliphatic rings. The first-order valence-electron chi connectivity index (χ1n) is 21.0. The van der Waals surface area contributed by atoms with Crippen LogP contribution in [-0.2, 0) is 12.8 Å². The number of benzene rings is 4. The van der Waals surface area contributed by atoms with E-state index in [-0.39, 0.29) is 0 Å². The van der Waals surface area contributed by atoms with Gasteiger partial charge < -0.3 is 11.5 Å². The third-order valence-electron chi connectivity index (χ3n) is 11.0. The molecule has 4 rings (SSSR count). The number of hydrogen-bond donors (Lipinski definition) is 2. The second-order valence-corrected chi connectivity index (χ2v) is 15.3. The van der Waals surface area contributed by atoms with Crippen LogP contribution in [0.5, 0.6) is 0 Å². The van der Waals surface area contributed by atoms with Crippen molar-refractivity contribution in [3.05, 3.63) is 130 Å². The molecule has 0 bridgehead atoms. The lowest BCUT2D eigenvalue weighted by molar-refractivity contribution is 0.530. The average Bonchev–Trinajstić information content (AvgIpc) is 3.15. The van der Waals surface area contributed by atoms with Crippen LogP contribution in [-0.4, -0.2) is 0 Å². The van der Waals surface area contributed by atoms with Gasteiger partial charge in [-0.3, -0.25) is 0 Å². The summed E-state index contributed by atoms with van der Waals surface area (Å²) in [5.74, 6) is 0.930. The van der Waals surface area contributed by atoms with E-state index >= 15 is 0 Å². The highest BCUT2D eigenvalue weighted by Crippen LogP contribution is 2.31. The molecule has 0 saturated carbocycles. The molecular formula is C49H70N2. The Morgan fingerprint density at radius 2 is 0.569 bits per heavy atom. The molecule has 0 saturated heterocycles. The fraction of sp³-hybridized carbons (Fsp3) is 0.510. The minimum absolute atomic E-state index is 0.465. The lowest BCUT2D eigenvalue weighted by Gasteiger charge is -2.18. The van der Waals surface area contributed by atoms with Gasteiger partial charge in [-0.15, -0.1) is 0 Å². The molecule has 276 valence electrons. The van der Waals surface area contributed by atoms with E-state index in [1.807, 2.05) is 24.3 Å². The highest BCUT2D eigenvalue weighted by atomic mass is 14.5. The molecule has 4 N–H and O–H groups in total. The van der Waals surface area contributed by atoms with E-state index in [0.29, 0.717) is 11.8 Å². The van der Waals surface area contributed by atoms with Gasteiger partial charge in [0.25, 0.3) is 0 Å². The normalized spacial score (nSPS) is 12.6. The van der Waals surface area contributed by atoms with Crippen LogP contribution >= 0.6 is 0 Å². The number of hydrogen-bond acceptors (Lipinski definition) is 2. The molecule has 0 heterocycles. The Balaban J connectivity index is 0.943. The monoisotopic (exact) mass is 687 g/mol. The summed E-state index contributed by atoms with van der Waals surface area (Å²) in [7, 11) is 0. The van der Waals surface area contributed by atoms with Crippen LogP contribution in [0.3, 0.4) is 0 Å². The lowest BCUT2D eigenvalue weighted by Crippen LogP contribution is -2.01. The summed E-state index contributed by atoms with van der Waals surface area (Å²) in [4.78, 5) is 0. The Labute approximate surface area is 312 Å². The Kier molecular flexibility index (Phi) is 18.8. The van der Waals surface area contributed by atoms with Crippen molar-refractivity contribution < 1.29 is 0 Å². The molecule has 0 radical (unpaired) electrons. The van der Waals surface area contributed by atoms with Crippen LogP contribution < -0.4 is 11.5 Å². The fourth-order valence-electron chi connectivity index (χ4n) is 7.88. The highest BCUT2D eigenvalue weighted by Gasteiger charge is 2.14. The molecule has 0 fully saturated rings. The molecule has 0 aromatic heterocycles. The van der Waals surface area contributed by atoms with E-state index in [1.54, 1.807) is 0 Å². The molecule has 2 unspecified atom stereocenters. The zero-order valence-electron chi connectivity index (χ0n) is 32.4. The summed E-state index contributed by atoms with van der Waals surface area (Å²) in [6.07, 6.45) is 28.1. The van der Waals surface area contributed by atoms with Crippen molar-refractivity contribution in [3.8, 4) is 0 Å². The van der Waals surface area contributed by atoms with Gasteiger partial charge in [-0.2, -0.15) is 0 Å². The van der Waals surface area contributed by atoms with Crippen molar-refractivity contribution in [2.24, 2.45) is 0 Å². The number of rotatable bonds is 26. The van der Waals surface area contributed by atoms with Crippen LogP contribution in [0.4, 0.5) is 11.4 Å². The van der Waals surface area contributed by atoms with E-state index < -0.39 is 0 Å². The summed E-state index contributed by atoms with van der Waals surface area (Å²) in [6.45, 7) is 4.55. The largest absolute Gasteiger partial charge is 0.399 e. The summed E-state index contributed by atoms with van der Waals surface area (Å²) in [5, 5.41) is 0. The summed E-state index contributed by atoms with van der Waals surface area (Å²) in [6, 6.07) is 35.8. The van der Waals surface area contributed by atoms with Gasteiger partial charge in [0.1, 0.15) is 0 Å². The zero-order chi connectivity index (χ0) is 35.9. The molecule has 51 heavy (non-hydrogen) atoms. The molecule has 2 heteroatoms. The molecule has 0 amide bonds. The van der Waals surface area contributed by atoms with Crippen molar-refractivity contribution in [2.45, 2.75) is 161 Å². The van der Waals surface area contributed by atoms with Gasteiger partial charge in [-0.25, -0.2) is 0 Å². The average molecular weight is 687 g/mol. The van der Waals surface area contributed by atoms with Gasteiger partial charge >= 0.3 is 0 Å². The Hall–Kier alpha value is -3.52. The number of aryl methyl sites for hydroxylation is 2. The number of nitrogen functional groups attached to an aromatic ring is 2. The molecule has 2 nitrogen and oxygen atoms in total. The van der Waals surface area contributed by atoms with Gasteiger partial charge in [-0.1, -0.05) is 183 Å². The van der Waals surface area contributed by atoms with Crippen molar-refractivity contribution in [1.29, 1.82) is 0 Å². The topological polar surface area (TPSA) is 52.0 Å². The van der Waals surface area contributed by atoms with Gasteiger partial charge in [0.2, 0.25) is 0 Å². The molecule has 4 aromatic carbocycles. The maximum absolute atomic E-state index is 5.92.